The van der Waals surface area contributed by atoms with Crippen molar-refractivity contribution in [3.8, 4) is 22.8 Å². The number of rotatable bonds is 7. The van der Waals surface area contributed by atoms with Gasteiger partial charge in [0.1, 0.15) is 41.0 Å². The molecule has 2 amide bonds. The van der Waals surface area contributed by atoms with E-state index in [1.165, 1.54) is 17.0 Å². The number of benzene rings is 3. The lowest BCUT2D eigenvalue weighted by molar-refractivity contribution is -0.145. The molecule has 5 atom stereocenters. The highest BCUT2D eigenvalue weighted by molar-refractivity contribution is 5.96. The van der Waals surface area contributed by atoms with Gasteiger partial charge >= 0.3 is 5.97 Å². The Balaban J connectivity index is 1.23. The summed E-state index contributed by atoms with van der Waals surface area (Å²) in [6.45, 7) is 0.0856. The zero-order valence-corrected chi connectivity index (χ0v) is 28.4. The molecule has 4 aromatic rings. The van der Waals surface area contributed by atoms with Crippen LogP contribution in [0.2, 0.25) is 0 Å². The number of carboxylic acids is 1. The second-order valence-corrected chi connectivity index (χ2v) is 13.6. The molecular weight excluding hydrogens is 651 g/mol. The summed E-state index contributed by atoms with van der Waals surface area (Å²) >= 11 is 0. The molecule has 10 nitrogen and oxygen atoms in total. The number of carbonyl (C=O) groups is 3. The third-order valence-electron chi connectivity index (χ3n) is 10.1. The van der Waals surface area contributed by atoms with Gasteiger partial charge in [0.25, 0.3) is 0 Å². The van der Waals surface area contributed by atoms with Crippen molar-refractivity contribution in [3.63, 3.8) is 0 Å². The van der Waals surface area contributed by atoms with Crippen molar-refractivity contribution < 1.29 is 33.4 Å². The summed E-state index contributed by atoms with van der Waals surface area (Å²) in [6, 6.07) is 21.3. The molecule has 0 bridgehead atoms. The molecule has 2 aliphatic heterocycles. The third kappa shape index (κ3) is 7.24. The van der Waals surface area contributed by atoms with Crippen LogP contribution >= 0.6 is 0 Å². The predicted molar refractivity (Wildman–Crippen MR) is 191 cm³/mol. The van der Waals surface area contributed by atoms with E-state index in [-0.39, 0.29) is 31.2 Å². The molecule has 1 aliphatic carbocycles. The number of hydrogen-bond acceptors (Lipinski definition) is 7. The highest BCUT2D eigenvalue weighted by atomic mass is 19.1. The smallest absolute Gasteiger partial charge is 0.330 e. The number of nitrogens with zero attached hydrogens (tertiary/aromatic N) is 2. The zero-order chi connectivity index (χ0) is 35.5. The van der Waals surface area contributed by atoms with E-state index in [4.69, 9.17) is 14.5 Å². The minimum Gasteiger partial charge on any atom is -0.497 e. The maximum absolute atomic E-state index is 14.5. The number of fused-ring (bicyclic) bond motifs is 3. The molecule has 0 radical (unpaired) electrons. The number of amides is 2. The van der Waals surface area contributed by atoms with Crippen molar-refractivity contribution in [1.29, 1.82) is 0 Å². The molecule has 3 heterocycles. The van der Waals surface area contributed by atoms with Gasteiger partial charge in [-0.05, 0) is 56.0 Å². The molecule has 3 N–H and O–H groups in total. The van der Waals surface area contributed by atoms with Crippen LogP contribution in [0, 0.1) is 11.7 Å². The Kier molecular flexibility index (Phi) is 9.62. The van der Waals surface area contributed by atoms with E-state index < -0.39 is 41.4 Å². The number of anilines is 1. The Morgan fingerprint density at radius 3 is 2.67 bits per heavy atom. The molecule has 1 saturated carbocycles. The topological polar surface area (TPSA) is 130 Å². The van der Waals surface area contributed by atoms with Gasteiger partial charge in [0.05, 0.1) is 24.9 Å². The molecule has 0 spiro atoms. The Hall–Kier alpha value is -5.45. The Bertz CT molecular complexity index is 1970. The second kappa shape index (κ2) is 14.4. The second-order valence-electron chi connectivity index (χ2n) is 13.6. The Morgan fingerprint density at radius 2 is 1.88 bits per heavy atom. The fraction of sp³-hybridized carbons (Fsp3) is 0.350. The summed E-state index contributed by atoms with van der Waals surface area (Å²) in [5.41, 5.74) is 1.26. The lowest BCUT2D eigenvalue weighted by Crippen LogP contribution is -2.55. The highest BCUT2D eigenvalue weighted by Crippen LogP contribution is 2.45. The first-order valence-electron chi connectivity index (χ1n) is 17.5. The molecule has 1 saturated heterocycles. The van der Waals surface area contributed by atoms with Crippen LogP contribution in [0.5, 0.6) is 11.5 Å². The fourth-order valence-corrected chi connectivity index (χ4v) is 7.26. The highest BCUT2D eigenvalue weighted by Gasteiger charge is 2.61. The van der Waals surface area contributed by atoms with Gasteiger partial charge in [0.15, 0.2) is 0 Å². The number of nitrogens with one attached hydrogen (secondary N) is 2. The Morgan fingerprint density at radius 1 is 1.04 bits per heavy atom. The summed E-state index contributed by atoms with van der Waals surface area (Å²) < 4.78 is 26.3. The molecule has 3 aliphatic rings. The van der Waals surface area contributed by atoms with Crippen molar-refractivity contribution in [2.45, 2.75) is 68.7 Å². The van der Waals surface area contributed by atoms with Gasteiger partial charge in [-0.25, -0.2) is 14.2 Å². The van der Waals surface area contributed by atoms with Gasteiger partial charge < -0.3 is 30.1 Å². The van der Waals surface area contributed by atoms with Gasteiger partial charge in [-0.3, -0.25) is 9.59 Å². The Labute approximate surface area is 295 Å². The number of allylic oxidation sites excluding steroid dienone is 1. The van der Waals surface area contributed by atoms with E-state index in [9.17, 15) is 23.9 Å². The standard InChI is InChI=1S/C40H41FN4O6/c1-50-29-17-18-31-34(20-29)43-33(25-11-6-5-7-12-25)22-36(31)51-30-21-35-37(46)44-40(39(48)49)23-26(40)13-8-3-2-4-9-16-32(38(47)45(35)24-30)42-28-15-10-14-27(41)19-28/h5-8,10-15,17-20,22,26,30,32,35,42H,2-4,9,16,21,23-24H2,1H3,(H,44,46)(H,48,49)/b13-8-/t26-,30+,32-,35-,40+/m0/s1. The average molecular weight is 693 g/mol. The summed E-state index contributed by atoms with van der Waals surface area (Å²) in [5, 5.41) is 17.0. The SMILES string of the molecule is COc1ccc2c(O[C@@H]3C[C@H]4C(=O)N[C@]5(C(=O)O)C[C@@H]5/C=C\CCCCC[C@H](Nc5cccc(F)c5)C(=O)N4C3)cc(-c3ccccc3)nc2c1. The number of halogens is 1. The summed E-state index contributed by atoms with van der Waals surface area (Å²) in [5.74, 6) is -1.57. The molecule has 11 heteroatoms. The van der Waals surface area contributed by atoms with Gasteiger partial charge in [0.2, 0.25) is 11.8 Å². The lowest BCUT2D eigenvalue weighted by atomic mass is 10.0. The molecule has 0 unspecified atom stereocenters. The minimum absolute atomic E-state index is 0.0856. The van der Waals surface area contributed by atoms with E-state index in [0.29, 0.717) is 34.8 Å². The van der Waals surface area contributed by atoms with Crippen LogP contribution in [0.25, 0.3) is 22.2 Å². The maximum Gasteiger partial charge on any atom is 0.330 e. The summed E-state index contributed by atoms with van der Waals surface area (Å²) in [7, 11) is 1.59. The van der Waals surface area contributed by atoms with Crippen LogP contribution in [0.4, 0.5) is 10.1 Å². The number of ether oxygens (including phenoxy) is 2. The van der Waals surface area contributed by atoms with Crippen LogP contribution in [0.3, 0.4) is 0 Å². The number of aromatic nitrogens is 1. The number of methoxy groups -OCH3 is 1. The molecule has 51 heavy (non-hydrogen) atoms. The quantitative estimate of drug-likeness (QED) is 0.191. The number of aliphatic carboxylic acids is 1. The van der Waals surface area contributed by atoms with Gasteiger partial charge in [0, 0.05) is 41.1 Å². The first kappa shape index (κ1) is 34.0. The number of carboxylic acid groups (broad SMARTS) is 1. The monoisotopic (exact) mass is 692 g/mol. The molecule has 264 valence electrons. The fourth-order valence-electron chi connectivity index (χ4n) is 7.26. The molecular formula is C40H41FN4O6. The largest absolute Gasteiger partial charge is 0.497 e. The van der Waals surface area contributed by atoms with Gasteiger partial charge in [-0.2, -0.15) is 0 Å². The van der Waals surface area contributed by atoms with Crippen LogP contribution in [-0.2, 0) is 14.4 Å². The zero-order valence-electron chi connectivity index (χ0n) is 28.4. The van der Waals surface area contributed by atoms with Crippen molar-refractivity contribution in [3.05, 3.63) is 96.8 Å². The molecule has 7 rings (SSSR count). The number of carbonyl (C=O) groups excluding carboxylic acids is 2. The van der Waals surface area contributed by atoms with Crippen LogP contribution < -0.4 is 20.1 Å². The van der Waals surface area contributed by atoms with Crippen molar-refractivity contribution in [1.82, 2.24) is 15.2 Å². The van der Waals surface area contributed by atoms with Crippen LogP contribution in [0.15, 0.2) is 91.0 Å². The maximum atomic E-state index is 14.5. The van der Waals surface area contributed by atoms with Crippen molar-refractivity contribution in [2.75, 3.05) is 19.0 Å². The van der Waals surface area contributed by atoms with Gasteiger partial charge in [-0.15, -0.1) is 0 Å². The van der Waals surface area contributed by atoms with Gasteiger partial charge in [-0.1, -0.05) is 61.4 Å². The van der Waals surface area contributed by atoms with E-state index in [2.05, 4.69) is 10.6 Å². The molecule has 2 fully saturated rings. The molecule has 3 aromatic carbocycles. The van der Waals surface area contributed by atoms with E-state index in [0.717, 1.165) is 36.6 Å². The van der Waals surface area contributed by atoms with Crippen molar-refractivity contribution >= 4 is 34.4 Å². The number of hydrogen-bond donors (Lipinski definition) is 3. The van der Waals surface area contributed by atoms with E-state index >= 15 is 0 Å². The first-order chi connectivity index (χ1) is 24.7. The van der Waals surface area contributed by atoms with E-state index in [1.807, 2.05) is 66.7 Å². The predicted octanol–water partition coefficient (Wildman–Crippen LogP) is 6.36. The van der Waals surface area contributed by atoms with E-state index in [1.54, 1.807) is 19.2 Å². The number of pyridine rings is 1. The normalized spacial score (nSPS) is 25.8. The minimum atomic E-state index is -1.43. The third-order valence-corrected chi connectivity index (χ3v) is 10.1. The summed E-state index contributed by atoms with van der Waals surface area (Å²) in [6.07, 6.45) is 7.38. The lowest BCUT2D eigenvalue weighted by Gasteiger charge is -2.30. The van der Waals surface area contributed by atoms with Crippen molar-refractivity contribution in [2.24, 2.45) is 5.92 Å². The van der Waals surface area contributed by atoms with Crippen LogP contribution in [-0.4, -0.2) is 70.2 Å². The average Bonchev–Trinajstić information content (AvgIpc) is 3.67. The van der Waals surface area contributed by atoms with Crippen LogP contribution in [0.1, 0.15) is 44.9 Å². The molecule has 1 aromatic heterocycles. The first-order valence-corrected chi connectivity index (χ1v) is 17.5. The summed E-state index contributed by atoms with van der Waals surface area (Å²) in [4.78, 5) is 47.5.